The Morgan fingerprint density at radius 3 is 2.52 bits per heavy atom. The summed E-state index contributed by atoms with van der Waals surface area (Å²) in [5.41, 5.74) is 1.80. The molecule has 0 bridgehead atoms. The number of hydrogen-bond donors (Lipinski definition) is 1. The van der Waals surface area contributed by atoms with Crippen LogP contribution in [-0.2, 0) is 11.0 Å². The van der Waals surface area contributed by atoms with Crippen molar-refractivity contribution in [1.82, 2.24) is 14.9 Å². The molecule has 0 radical (unpaired) electrons. The number of rotatable bonds is 4. The van der Waals surface area contributed by atoms with Gasteiger partial charge in [-0.2, -0.15) is 13.2 Å². The number of benzene rings is 2. The fourth-order valence-electron chi connectivity index (χ4n) is 4.43. The highest BCUT2D eigenvalue weighted by Crippen LogP contribution is 2.34. The first-order valence-corrected chi connectivity index (χ1v) is 11.1. The minimum atomic E-state index is -4.39. The number of fused-ring (bicyclic) bond motifs is 1. The largest absolute Gasteiger partial charge is 0.416 e. The molecule has 0 saturated carbocycles. The Balaban J connectivity index is 1.62. The van der Waals surface area contributed by atoms with Crippen LogP contribution in [-0.4, -0.2) is 33.9 Å². The van der Waals surface area contributed by atoms with Gasteiger partial charge in [0.1, 0.15) is 11.6 Å². The van der Waals surface area contributed by atoms with Crippen molar-refractivity contribution in [1.29, 1.82) is 0 Å². The first-order valence-electron chi connectivity index (χ1n) is 11.1. The van der Waals surface area contributed by atoms with E-state index in [2.05, 4.69) is 27.4 Å². The maximum atomic E-state index is 13.1. The molecule has 8 heteroatoms. The minimum Gasteiger partial charge on any atom is -0.363 e. The fraction of sp³-hybridized carbons (Fsp3) is 0.400. The first kappa shape index (κ1) is 23.0. The molecule has 2 heterocycles. The number of nitrogens with zero attached hydrogens (tertiary/aromatic N) is 3. The van der Waals surface area contributed by atoms with E-state index in [1.807, 2.05) is 17.9 Å². The molecule has 33 heavy (non-hydrogen) atoms. The number of halogens is 3. The van der Waals surface area contributed by atoms with Gasteiger partial charge in [0.05, 0.1) is 11.1 Å². The second-order valence-corrected chi connectivity index (χ2v) is 8.67. The summed E-state index contributed by atoms with van der Waals surface area (Å²) in [6.07, 6.45) is -2.61. The molecule has 1 aliphatic heterocycles. The smallest absolute Gasteiger partial charge is 0.363 e. The molecule has 1 amide bonds. The summed E-state index contributed by atoms with van der Waals surface area (Å²) < 4.78 is 39.4. The van der Waals surface area contributed by atoms with Gasteiger partial charge in [-0.05, 0) is 68.0 Å². The van der Waals surface area contributed by atoms with Crippen molar-refractivity contribution >= 4 is 22.6 Å². The Labute approximate surface area is 191 Å². The van der Waals surface area contributed by atoms with Crippen LogP contribution in [0, 0.1) is 6.92 Å². The van der Waals surface area contributed by atoms with Gasteiger partial charge in [-0.1, -0.05) is 18.2 Å². The molecule has 1 saturated heterocycles. The predicted molar refractivity (Wildman–Crippen MR) is 122 cm³/mol. The third kappa shape index (κ3) is 5.10. The van der Waals surface area contributed by atoms with Gasteiger partial charge in [-0.15, -0.1) is 0 Å². The number of carbonyl (C=O) groups excluding carboxylic acids is 1. The topological polar surface area (TPSA) is 58.1 Å². The average Bonchev–Trinajstić information content (AvgIpc) is 2.78. The molecular weight excluding hydrogens is 429 g/mol. The van der Waals surface area contributed by atoms with E-state index >= 15 is 0 Å². The standard InChI is InChI=1S/C25H27F3N4O/c1-15(19-5-4-6-21(13-19)25(26,27)28)29-24-22-14-20(7-8-23(22)30-16(2)31-24)18-9-11-32(12-10-18)17(3)33/h4-8,13-15,18H,9-12H2,1-3H3,(H,29,30,31)/t15-/m0/s1. The van der Waals surface area contributed by atoms with Crippen LogP contribution in [0.1, 0.15) is 61.2 Å². The van der Waals surface area contributed by atoms with E-state index in [-0.39, 0.29) is 11.9 Å². The number of amides is 1. The zero-order chi connectivity index (χ0) is 23.8. The highest BCUT2D eigenvalue weighted by atomic mass is 19.4. The van der Waals surface area contributed by atoms with E-state index in [1.54, 1.807) is 19.9 Å². The third-order valence-corrected chi connectivity index (χ3v) is 6.31. The van der Waals surface area contributed by atoms with Crippen molar-refractivity contribution in [3.8, 4) is 0 Å². The molecule has 0 spiro atoms. The summed E-state index contributed by atoms with van der Waals surface area (Å²) in [5, 5.41) is 4.14. The maximum absolute atomic E-state index is 13.1. The molecule has 1 N–H and O–H groups in total. The summed E-state index contributed by atoms with van der Waals surface area (Å²) in [6, 6.07) is 11.1. The van der Waals surface area contributed by atoms with Gasteiger partial charge in [0.25, 0.3) is 0 Å². The number of aromatic nitrogens is 2. The van der Waals surface area contributed by atoms with Crippen LogP contribution in [0.4, 0.5) is 19.0 Å². The summed E-state index contributed by atoms with van der Waals surface area (Å²) >= 11 is 0. The van der Waals surface area contributed by atoms with Crippen LogP contribution in [0.3, 0.4) is 0 Å². The average molecular weight is 457 g/mol. The SMILES string of the molecule is CC(=O)N1CCC(c2ccc3nc(C)nc(N[C@@H](C)c4cccc(C(F)(F)F)c4)c3c2)CC1. The lowest BCUT2D eigenvalue weighted by Crippen LogP contribution is -2.36. The van der Waals surface area contributed by atoms with Crippen LogP contribution >= 0.6 is 0 Å². The fourth-order valence-corrected chi connectivity index (χ4v) is 4.43. The zero-order valence-corrected chi connectivity index (χ0v) is 18.9. The third-order valence-electron chi connectivity index (χ3n) is 6.31. The molecule has 2 aromatic carbocycles. The van der Waals surface area contributed by atoms with Gasteiger partial charge in [0.2, 0.25) is 5.91 Å². The van der Waals surface area contributed by atoms with Crippen molar-refractivity contribution in [2.45, 2.75) is 51.7 Å². The summed E-state index contributed by atoms with van der Waals surface area (Å²) in [6.45, 7) is 6.69. The normalized spacial score (nSPS) is 16.1. The highest BCUT2D eigenvalue weighted by Gasteiger charge is 2.30. The Hall–Kier alpha value is -3.16. The van der Waals surface area contributed by atoms with Gasteiger partial charge in [-0.25, -0.2) is 9.97 Å². The molecule has 1 fully saturated rings. The lowest BCUT2D eigenvalue weighted by Gasteiger charge is -2.31. The van der Waals surface area contributed by atoms with Gasteiger partial charge in [-0.3, -0.25) is 4.79 Å². The predicted octanol–water partition coefficient (Wildman–Crippen LogP) is 5.86. The minimum absolute atomic E-state index is 0.103. The van der Waals surface area contributed by atoms with Crippen LogP contribution in [0.5, 0.6) is 0 Å². The molecule has 1 aromatic heterocycles. The van der Waals surface area contributed by atoms with Crippen LogP contribution in [0.15, 0.2) is 42.5 Å². The van der Waals surface area contributed by atoms with Crippen LogP contribution < -0.4 is 5.32 Å². The molecule has 5 nitrogen and oxygen atoms in total. The van der Waals surface area contributed by atoms with Crippen LogP contribution in [0.2, 0.25) is 0 Å². The number of nitrogens with one attached hydrogen (secondary N) is 1. The van der Waals surface area contributed by atoms with Gasteiger partial charge >= 0.3 is 6.18 Å². The van der Waals surface area contributed by atoms with E-state index in [4.69, 9.17) is 0 Å². The summed E-state index contributed by atoms with van der Waals surface area (Å²) in [7, 11) is 0. The Morgan fingerprint density at radius 1 is 1.12 bits per heavy atom. The second-order valence-electron chi connectivity index (χ2n) is 8.67. The van der Waals surface area contributed by atoms with E-state index in [9.17, 15) is 18.0 Å². The number of aryl methyl sites for hydroxylation is 1. The Kier molecular flexibility index (Phi) is 6.28. The molecule has 174 valence electrons. The molecule has 1 aliphatic rings. The highest BCUT2D eigenvalue weighted by molar-refractivity contribution is 5.90. The molecule has 4 rings (SSSR count). The summed E-state index contributed by atoms with van der Waals surface area (Å²) in [5.74, 6) is 1.63. The van der Waals surface area contributed by atoms with E-state index < -0.39 is 11.7 Å². The van der Waals surface area contributed by atoms with Gasteiger partial charge < -0.3 is 10.2 Å². The van der Waals surface area contributed by atoms with Crippen molar-refractivity contribution in [2.24, 2.45) is 0 Å². The molecule has 1 atom stereocenters. The van der Waals surface area contributed by atoms with E-state index in [0.29, 0.717) is 23.1 Å². The maximum Gasteiger partial charge on any atom is 0.416 e. The summed E-state index contributed by atoms with van der Waals surface area (Å²) in [4.78, 5) is 22.6. The first-order chi connectivity index (χ1) is 15.6. The zero-order valence-electron chi connectivity index (χ0n) is 18.9. The number of alkyl halides is 3. The lowest BCUT2D eigenvalue weighted by atomic mass is 9.88. The molecular formula is C25H27F3N4O. The van der Waals surface area contributed by atoms with Crippen LogP contribution in [0.25, 0.3) is 10.9 Å². The number of anilines is 1. The number of piperidine rings is 1. The quantitative estimate of drug-likeness (QED) is 0.535. The van der Waals surface area contributed by atoms with Crippen molar-refractivity contribution in [2.75, 3.05) is 18.4 Å². The monoisotopic (exact) mass is 456 g/mol. The van der Waals surface area contributed by atoms with Gasteiger partial charge in [0, 0.05) is 31.4 Å². The van der Waals surface area contributed by atoms with Crippen molar-refractivity contribution in [3.63, 3.8) is 0 Å². The van der Waals surface area contributed by atoms with Crippen molar-refractivity contribution < 1.29 is 18.0 Å². The number of likely N-dealkylation sites (tertiary alicyclic amines) is 1. The van der Waals surface area contributed by atoms with E-state index in [0.717, 1.165) is 48.5 Å². The Morgan fingerprint density at radius 2 is 1.85 bits per heavy atom. The number of hydrogen-bond acceptors (Lipinski definition) is 4. The number of carbonyl (C=O) groups is 1. The Bertz CT molecular complexity index is 1170. The second kappa shape index (κ2) is 9.00. The molecule has 3 aromatic rings. The molecule has 0 aliphatic carbocycles. The van der Waals surface area contributed by atoms with Crippen molar-refractivity contribution in [3.05, 3.63) is 65.0 Å². The lowest BCUT2D eigenvalue weighted by molar-refractivity contribution is -0.137. The van der Waals surface area contributed by atoms with Gasteiger partial charge in [0.15, 0.2) is 0 Å². The molecule has 0 unspecified atom stereocenters. The van der Waals surface area contributed by atoms with E-state index in [1.165, 1.54) is 12.1 Å².